The van der Waals surface area contributed by atoms with E-state index in [1.54, 1.807) is 6.92 Å². The lowest BCUT2D eigenvalue weighted by atomic mass is 10.2. The standard InChI is InChI=1S/C8H9FN2O/c1-3-6(9)7-5(2)10-4-11-8(7)12/h3-4H,1-2H3,(H,10,11,12)/b6-3+. The molecule has 0 aromatic carbocycles. The molecule has 12 heavy (non-hydrogen) atoms. The molecule has 0 atom stereocenters. The van der Waals surface area contributed by atoms with Gasteiger partial charge in [-0.25, -0.2) is 9.37 Å². The van der Waals surface area contributed by atoms with Crippen molar-refractivity contribution in [3.63, 3.8) is 0 Å². The van der Waals surface area contributed by atoms with Gasteiger partial charge < -0.3 is 4.98 Å². The summed E-state index contributed by atoms with van der Waals surface area (Å²) in [5, 5.41) is 0. The summed E-state index contributed by atoms with van der Waals surface area (Å²) in [6.07, 6.45) is 2.49. The summed E-state index contributed by atoms with van der Waals surface area (Å²) in [5.41, 5.74) is -0.0348. The van der Waals surface area contributed by atoms with Crippen molar-refractivity contribution in [3.05, 3.63) is 34.0 Å². The van der Waals surface area contributed by atoms with Crippen molar-refractivity contribution in [2.45, 2.75) is 13.8 Å². The number of rotatable bonds is 1. The average Bonchev–Trinajstić information content (AvgIpc) is 2.03. The zero-order valence-electron chi connectivity index (χ0n) is 6.89. The molecular weight excluding hydrogens is 159 g/mol. The fourth-order valence-electron chi connectivity index (χ4n) is 0.914. The van der Waals surface area contributed by atoms with Crippen LogP contribution in [-0.2, 0) is 0 Å². The number of hydrogen-bond donors (Lipinski definition) is 1. The molecule has 64 valence electrons. The van der Waals surface area contributed by atoms with Gasteiger partial charge in [0.25, 0.3) is 5.56 Å². The SMILES string of the molecule is C/C=C(/F)c1c(C)nc[nH]c1=O. The molecule has 4 heteroatoms. The minimum atomic E-state index is -0.540. The Morgan fingerprint density at radius 2 is 2.42 bits per heavy atom. The van der Waals surface area contributed by atoms with Crippen LogP contribution in [0.5, 0.6) is 0 Å². The van der Waals surface area contributed by atoms with E-state index in [1.165, 1.54) is 19.3 Å². The number of hydrogen-bond acceptors (Lipinski definition) is 2. The predicted molar refractivity (Wildman–Crippen MR) is 44.4 cm³/mol. The molecule has 0 saturated heterocycles. The third kappa shape index (κ3) is 1.42. The molecular formula is C8H9FN2O. The molecule has 0 saturated carbocycles. The van der Waals surface area contributed by atoms with Crippen LogP contribution in [-0.4, -0.2) is 9.97 Å². The first-order chi connectivity index (χ1) is 5.66. The summed E-state index contributed by atoms with van der Waals surface area (Å²) < 4.78 is 13.0. The number of aromatic nitrogens is 2. The summed E-state index contributed by atoms with van der Waals surface area (Å²) in [4.78, 5) is 17.1. The number of allylic oxidation sites excluding steroid dienone is 1. The average molecular weight is 168 g/mol. The van der Waals surface area contributed by atoms with Crippen LogP contribution in [0.15, 0.2) is 17.2 Å². The highest BCUT2D eigenvalue weighted by Crippen LogP contribution is 2.12. The van der Waals surface area contributed by atoms with E-state index in [2.05, 4.69) is 9.97 Å². The quantitative estimate of drug-likeness (QED) is 0.689. The molecule has 0 amide bonds. The Hall–Kier alpha value is -1.45. The third-order valence-electron chi connectivity index (χ3n) is 1.53. The van der Waals surface area contributed by atoms with E-state index in [4.69, 9.17) is 0 Å². The number of aromatic amines is 1. The first-order valence-electron chi connectivity index (χ1n) is 3.53. The van der Waals surface area contributed by atoms with E-state index in [-0.39, 0.29) is 5.56 Å². The maximum absolute atomic E-state index is 13.0. The number of nitrogens with zero attached hydrogens (tertiary/aromatic N) is 1. The first-order valence-corrected chi connectivity index (χ1v) is 3.53. The van der Waals surface area contributed by atoms with Gasteiger partial charge in [0, 0.05) is 0 Å². The predicted octanol–water partition coefficient (Wildman–Crippen LogP) is 1.41. The Morgan fingerprint density at radius 3 is 2.92 bits per heavy atom. The van der Waals surface area contributed by atoms with Gasteiger partial charge in [0.05, 0.1) is 17.6 Å². The Kier molecular flexibility index (Phi) is 2.38. The Labute approximate surface area is 69.0 Å². The summed E-state index contributed by atoms with van der Waals surface area (Å²) in [6.45, 7) is 3.12. The molecule has 1 aromatic rings. The second kappa shape index (κ2) is 3.30. The van der Waals surface area contributed by atoms with Crippen molar-refractivity contribution in [2.24, 2.45) is 0 Å². The monoisotopic (exact) mass is 168 g/mol. The normalized spacial score (nSPS) is 11.8. The lowest BCUT2D eigenvalue weighted by Gasteiger charge is -1.98. The van der Waals surface area contributed by atoms with Crippen LogP contribution in [0, 0.1) is 6.92 Å². The van der Waals surface area contributed by atoms with Crippen LogP contribution in [0.1, 0.15) is 18.2 Å². The van der Waals surface area contributed by atoms with Gasteiger partial charge in [-0.3, -0.25) is 4.79 Å². The van der Waals surface area contributed by atoms with Gasteiger partial charge in [0.2, 0.25) is 0 Å². The van der Waals surface area contributed by atoms with E-state index in [0.29, 0.717) is 5.69 Å². The zero-order valence-corrected chi connectivity index (χ0v) is 6.89. The van der Waals surface area contributed by atoms with Gasteiger partial charge in [-0.15, -0.1) is 0 Å². The fraction of sp³-hybridized carbons (Fsp3) is 0.250. The van der Waals surface area contributed by atoms with E-state index in [0.717, 1.165) is 0 Å². The van der Waals surface area contributed by atoms with E-state index in [9.17, 15) is 9.18 Å². The summed E-state index contributed by atoms with van der Waals surface area (Å²) in [7, 11) is 0. The Balaban J connectivity index is 3.42. The third-order valence-corrected chi connectivity index (χ3v) is 1.53. The molecule has 0 aliphatic carbocycles. The lowest BCUT2D eigenvalue weighted by molar-refractivity contribution is 0.750. The van der Waals surface area contributed by atoms with Gasteiger partial charge >= 0.3 is 0 Å². The van der Waals surface area contributed by atoms with Crippen molar-refractivity contribution in [1.82, 2.24) is 9.97 Å². The molecule has 3 nitrogen and oxygen atoms in total. The van der Waals surface area contributed by atoms with Gasteiger partial charge in [0.15, 0.2) is 0 Å². The summed E-state index contributed by atoms with van der Waals surface area (Å²) in [6, 6.07) is 0. The second-order valence-corrected chi connectivity index (χ2v) is 2.33. The molecule has 0 spiro atoms. The van der Waals surface area contributed by atoms with Crippen LogP contribution >= 0.6 is 0 Å². The molecule has 0 aliphatic rings. The van der Waals surface area contributed by atoms with Crippen molar-refractivity contribution >= 4 is 5.83 Å². The van der Waals surface area contributed by atoms with Crippen molar-refractivity contribution in [1.29, 1.82) is 0 Å². The molecule has 0 aliphatic heterocycles. The molecule has 1 N–H and O–H groups in total. The minimum Gasteiger partial charge on any atom is -0.313 e. The highest BCUT2D eigenvalue weighted by molar-refractivity contribution is 5.59. The zero-order chi connectivity index (χ0) is 9.14. The van der Waals surface area contributed by atoms with Crippen LogP contribution in [0.4, 0.5) is 4.39 Å². The van der Waals surface area contributed by atoms with Crippen molar-refractivity contribution < 1.29 is 4.39 Å². The molecule has 0 radical (unpaired) electrons. The highest BCUT2D eigenvalue weighted by Gasteiger charge is 2.08. The van der Waals surface area contributed by atoms with Crippen LogP contribution in [0.2, 0.25) is 0 Å². The maximum Gasteiger partial charge on any atom is 0.261 e. The Morgan fingerprint density at radius 1 is 1.75 bits per heavy atom. The highest BCUT2D eigenvalue weighted by atomic mass is 19.1. The molecule has 1 rings (SSSR count). The second-order valence-electron chi connectivity index (χ2n) is 2.33. The molecule has 1 aromatic heterocycles. The van der Waals surface area contributed by atoms with Crippen LogP contribution < -0.4 is 5.56 Å². The molecule has 0 bridgehead atoms. The topological polar surface area (TPSA) is 45.8 Å². The molecule has 1 heterocycles. The van der Waals surface area contributed by atoms with Crippen molar-refractivity contribution in [2.75, 3.05) is 0 Å². The smallest absolute Gasteiger partial charge is 0.261 e. The summed E-state index contributed by atoms with van der Waals surface area (Å²) in [5.74, 6) is -0.540. The van der Waals surface area contributed by atoms with Gasteiger partial charge in [0.1, 0.15) is 5.83 Å². The van der Waals surface area contributed by atoms with E-state index in [1.807, 2.05) is 0 Å². The van der Waals surface area contributed by atoms with E-state index >= 15 is 0 Å². The molecule has 0 unspecified atom stereocenters. The number of nitrogens with one attached hydrogen (secondary N) is 1. The number of H-pyrrole nitrogens is 1. The fourth-order valence-corrected chi connectivity index (χ4v) is 0.914. The van der Waals surface area contributed by atoms with Gasteiger partial charge in [-0.05, 0) is 13.8 Å². The van der Waals surface area contributed by atoms with Crippen LogP contribution in [0.25, 0.3) is 5.83 Å². The van der Waals surface area contributed by atoms with Crippen molar-refractivity contribution in [3.8, 4) is 0 Å². The van der Waals surface area contributed by atoms with Gasteiger partial charge in [-0.1, -0.05) is 6.08 Å². The first kappa shape index (κ1) is 8.64. The Bertz CT molecular complexity index is 368. The minimum absolute atomic E-state index is 0.0139. The maximum atomic E-state index is 13.0. The number of halogens is 1. The largest absolute Gasteiger partial charge is 0.313 e. The van der Waals surface area contributed by atoms with E-state index < -0.39 is 11.4 Å². The lowest BCUT2D eigenvalue weighted by Crippen LogP contribution is -2.13. The summed E-state index contributed by atoms with van der Waals surface area (Å²) >= 11 is 0. The van der Waals surface area contributed by atoms with Gasteiger partial charge in [-0.2, -0.15) is 0 Å². The van der Waals surface area contributed by atoms with Crippen LogP contribution in [0.3, 0.4) is 0 Å². The number of aryl methyl sites for hydroxylation is 1. The molecule has 0 fully saturated rings.